The van der Waals surface area contributed by atoms with Crippen LogP contribution >= 0.6 is 0 Å². The molecule has 0 saturated carbocycles. The molecule has 7 heteroatoms. The summed E-state index contributed by atoms with van der Waals surface area (Å²) in [5.74, 6) is 1.46. The Balaban J connectivity index is 1.37. The number of carbonyl (C=O) groups is 1. The average Bonchev–Trinajstić information content (AvgIpc) is 3.55. The molecule has 1 fully saturated rings. The van der Waals surface area contributed by atoms with E-state index < -0.39 is 0 Å². The number of imidazole rings is 1. The number of amides is 1. The number of nitrogens with zero attached hydrogens (tertiary/aromatic N) is 6. The molecule has 4 heterocycles. The van der Waals surface area contributed by atoms with Crippen LogP contribution in [0.4, 0.5) is 5.69 Å². The Labute approximate surface area is 211 Å². The van der Waals surface area contributed by atoms with Gasteiger partial charge in [0.05, 0.1) is 50.7 Å². The monoisotopic (exact) mass is 477 g/mol. The molecular formula is C29H29N6O+. The van der Waals surface area contributed by atoms with Crippen LogP contribution in [0.2, 0.25) is 0 Å². The van der Waals surface area contributed by atoms with Crippen molar-refractivity contribution in [3.8, 4) is 34.4 Å². The predicted molar refractivity (Wildman–Crippen MR) is 140 cm³/mol. The van der Waals surface area contributed by atoms with Crippen molar-refractivity contribution < 1.29 is 9.28 Å². The van der Waals surface area contributed by atoms with Gasteiger partial charge in [0.1, 0.15) is 0 Å². The summed E-state index contributed by atoms with van der Waals surface area (Å²) in [5.41, 5.74) is 7.04. The van der Waals surface area contributed by atoms with Crippen LogP contribution in [0.1, 0.15) is 17.5 Å². The quantitative estimate of drug-likeness (QED) is 0.363. The number of quaternary nitrogens is 1. The van der Waals surface area contributed by atoms with Crippen LogP contribution in [-0.4, -0.2) is 58.7 Å². The first kappa shape index (κ1) is 22.3. The van der Waals surface area contributed by atoms with Gasteiger partial charge in [0.25, 0.3) is 0 Å². The number of nitriles is 1. The van der Waals surface area contributed by atoms with Crippen LogP contribution in [-0.2, 0) is 11.3 Å². The van der Waals surface area contributed by atoms with E-state index in [2.05, 4.69) is 71.8 Å². The normalized spacial score (nSPS) is 16.8. The summed E-state index contributed by atoms with van der Waals surface area (Å²) >= 11 is 0. The summed E-state index contributed by atoms with van der Waals surface area (Å²) in [6.45, 7) is 2.43. The Morgan fingerprint density at radius 3 is 2.64 bits per heavy atom. The summed E-state index contributed by atoms with van der Waals surface area (Å²) in [6.07, 6.45) is 6.58. The zero-order valence-corrected chi connectivity index (χ0v) is 20.8. The van der Waals surface area contributed by atoms with E-state index in [1.54, 1.807) is 0 Å². The minimum atomic E-state index is 0.204. The maximum atomic E-state index is 12.9. The van der Waals surface area contributed by atoms with Crippen molar-refractivity contribution in [3.05, 3.63) is 78.2 Å². The molecule has 7 nitrogen and oxygen atoms in total. The maximum absolute atomic E-state index is 12.9. The van der Waals surface area contributed by atoms with Crippen LogP contribution in [0.15, 0.2) is 67.1 Å². The van der Waals surface area contributed by atoms with Crippen LogP contribution in [0.5, 0.6) is 0 Å². The number of aromatic nitrogens is 3. The summed E-state index contributed by atoms with van der Waals surface area (Å²) in [4.78, 5) is 19.6. The molecule has 0 unspecified atom stereocenters. The SMILES string of the molecule is C[N+](C)(C)C[C@H]1CC(=O)N(c2ccc3c(c2)Cn2cc(-c4ccc(C#N)cc4)cc2-c2nccn2-3)C1. The average molecular weight is 478 g/mol. The second-order valence-electron chi connectivity index (χ2n) is 10.9. The first-order valence-electron chi connectivity index (χ1n) is 12.3. The minimum absolute atomic E-state index is 0.204. The van der Waals surface area contributed by atoms with Crippen molar-refractivity contribution in [3.63, 3.8) is 0 Å². The number of anilines is 1. The van der Waals surface area contributed by atoms with Crippen molar-refractivity contribution in [2.24, 2.45) is 5.92 Å². The lowest BCUT2D eigenvalue weighted by atomic mass is 10.1. The lowest BCUT2D eigenvalue weighted by molar-refractivity contribution is -0.873. The third kappa shape index (κ3) is 3.90. The fourth-order valence-electron chi connectivity index (χ4n) is 5.62. The van der Waals surface area contributed by atoms with E-state index in [1.807, 2.05) is 41.6 Å². The molecule has 0 bridgehead atoms. The van der Waals surface area contributed by atoms with Gasteiger partial charge in [0.2, 0.25) is 5.91 Å². The van der Waals surface area contributed by atoms with Crippen molar-refractivity contribution >= 4 is 11.6 Å². The van der Waals surface area contributed by atoms with Crippen LogP contribution in [0.25, 0.3) is 28.3 Å². The van der Waals surface area contributed by atoms with Gasteiger partial charge in [-0.3, -0.25) is 9.36 Å². The van der Waals surface area contributed by atoms with Gasteiger partial charge in [-0.2, -0.15) is 5.26 Å². The Kier molecular flexibility index (Phi) is 5.09. The molecule has 0 aliphatic carbocycles. The van der Waals surface area contributed by atoms with E-state index in [1.165, 1.54) is 0 Å². The third-order valence-corrected chi connectivity index (χ3v) is 7.10. The number of benzene rings is 2. The van der Waals surface area contributed by atoms with Gasteiger partial charge in [-0.05, 0) is 47.5 Å². The molecule has 36 heavy (non-hydrogen) atoms. The van der Waals surface area contributed by atoms with E-state index in [-0.39, 0.29) is 5.91 Å². The van der Waals surface area contributed by atoms with E-state index in [4.69, 9.17) is 5.26 Å². The molecule has 0 spiro atoms. The molecule has 1 atom stereocenters. The first-order valence-corrected chi connectivity index (χ1v) is 12.3. The van der Waals surface area contributed by atoms with E-state index in [0.29, 0.717) is 24.4 Å². The van der Waals surface area contributed by atoms with Crippen molar-refractivity contribution in [2.45, 2.75) is 13.0 Å². The molecule has 0 radical (unpaired) electrons. The minimum Gasteiger partial charge on any atom is -0.340 e. The maximum Gasteiger partial charge on any atom is 0.227 e. The molecule has 2 aromatic heterocycles. The Morgan fingerprint density at radius 2 is 1.89 bits per heavy atom. The number of hydrogen-bond acceptors (Lipinski definition) is 3. The standard InChI is InChI=1S/C29H29N6O/c1-35(2,3)19-21-12-28(36)34(16-21)25-8-9-26-24(13-25)18-32-17-23(22-6-4-20(15-30)5-7-22)14-27(32)29-31-10-11-33(26)29/h4-11,13-14,17,21H,12,16,18-19H2,1-3H3/q+1/t21-/m0/s1. The van der Waals surface area contributed by atoms with Crippen molar-refractivity contribution in [2.75, 3.05) is 39.1 Å². The van der Waals surface area contributed by atoms with Crippen molar-refractivity contribution in [1.82, 2.24) is 14.1 Å². The Bertz CT molecular complexity index is 1510. The smallest absolute Gasteiger partial charge is 0.227 e. The lowest BCUT2D eigenvalue weighted by Gasteiger charge is -2.27. The van der Waals surface area contributed by atoms with E-state index in [9.17, 15) is 4.79 Å². The highest BCUT2D eigenvalue weighted by atomic mass is 16.2. The highest BCUT2D eigenvalue weighted by Crippen LogP contribution is 2.36. The second-order valence-corrected chi connectivity index (χ2v) is 10.9. The van der Waals surface area contributed by atoms with Gasteiger partial charge < -0.3 is 14.0 Å². The zero-order chi connectivity index (χ0) is 25.0. The summed E-state index contributed by atoms with van der Waals surface area (Å²) in [5, 5.41) is 9.13. The summed E-state index contributed by atoms with van der Waals surface area (Å²) in [6, 6.07) is 18.4. The lowest BCUT2D eigenvalue weighted by Crippen LogP contribution is -2.40. The highest BCUT2D eigenvalue weighted by Gasteiger charge is 2.34. The molecule has 4 aromatic rings. The molecular weight excluding hydrogens is 448 g/mol. The predicted octanol–water partition coefficient (Wildman–Crippen LogP) is 4.30. The van der Waals surface area contributed by atoms with Gasteiger partial charge in [-0.25, -0.2) is 4.98 Å². The fraction of sp³-hybridized carbons (Fsp3) is 0.276. The Hall–Kier alpha value is -4.15. The molecule has 2 aliphatic rings. The van der Waals surface area contributed by atoms with Gasteiger partial charge in [-0.1, -0.05) is 12.1 Å². The molecule has 1 amide bonds. The zero-order valence-electron chi connectivity index (χ0n) is 20.8. The summed E-state index contributed by atoms with van der Waals surface area (Å²) < 4.78 is 5.22. The first-order chi connectivity index (χ1) is 17.3. The molecule has 1 saturated heterocycles. The topological polar surface area (TPSA) is 66.8 Å². The molecule has 2 aromatic carbocycles. The number of fused-ring (bicyclic) bond motifs is 5. The largest absolute Gasteiger partial charge is 0.340 e. The van der Waals surface area contributed by atoms with Crippen LogP contribution < -0.4 is 4.90 Å². The van der Waals surface area contributed by atoms with Gasteiger partial charge >= 0.3 is 0 Å². The Morgan fingerprint density at radius 1 is 1.08 bits per heavy atom. The fourth-order valence-corrected chi connectivity index (χ4v) is 5.62. The van der Waals surface area contributed by atoms with E-state index in [0.717, 1.165) is 57.2 Å². The number of hydrogen-bond donors (Lipinski definition) is 0. The molecule has 0 N–H and O–H groups in total. The van der Waals surface area contributed by atoms with E-state index >= 15 is 0 Å². The molecule has 2 aliphatic heterocycles. The number of rotatable bonds is 4. The van der Waals surface area contributed by atoms with Gasteiger partial charge in [0, 0.05) is 55.3 Å². The number of carbonyl (C=O) groups excluding carboxylic acids is 1. The molecule has 6 rings (SSSR count). The van der Waals surface area contributed by atoms with Crippen molar-refractivity contribution in [1.29, 1.82) is 5.26 Å². The third-order valence-electron chi connectivity index (χ3n) is 7.10. The van der Waals surface area contributed by atoms with Crippen LogP contribution in [0.3, 0.4) is 0 Å². The molecule has 180 valence electrons. The second kappa shape index (κ2) is 8.21. The van der Waals surface area contributed by atoms with Gasteiger partial charge in [0.15, 0.2) is 5.82 Å². The summed E-state index contributed by atoms with van der Waals surface area (Å²) in [7, 11) is 6.54. The highest BCUT2D eigenvalue weighted by molar-refractivity contribution is 5.96. The van der Waals surface area contributed by atoms with Crippen LogP contribution in [0, 0.1) is 17.2 Å². The van der Waals surface area contributed by atoms with Gasteiger partial charge in [-0.15, -0.1) is 0 Å².